The van der Waals surface area contributed by atoms with Gasteiger partial charge in [-0.25, -0.2) is 4.39 Å². The Kier molecular flexibility index (Phi) is 7.22. The summed E-state index contributed by atoms with van der Waals surface area (Å²) in [5, 5.41) is 5.39. The average Bonchev–Trinajstić information content (AvgIpc) is 3.48. The fraction of sp³-hybridized carbons (Fsp3) is 0.280. The summed E-state index contributed by atoms with van der Waals surface area (Å²) in [6.07, 6.45) is 4.10. The zero-order valence-electron chi connectivity index (χ0n) is 17.5. The van der Waals surface area contributed by atoms with E-state index in [2.05, 4.69) is 5.32 Å². The summed E-state index contributed by atoms with van der Waals surface area (Å²) in [5.74, 6) is -0.947. The van der Waals surface area contributed by atoms with Crippen LogP contribution in [0.4, 0.5) is 10.1 Å². The van der Waals surface area contributed by atoms with Crippen LogP contribution in [0, 0.1) is 5.82 Å². The molecule has 1 fully saturated rings. The van der Waals surface area contributed by atoms with Gasteiger partial charge < -0.3 is 5.32 Å². The summed E-state index contributed by atoms with van der Waals surface area (Å²) in [7, 11) is 0. The lowest BCUT2D eigenvalue weighted by molar-refractivity contribution is -0.127. The molecule has 1 N–H and O–H groups in total. The van der Waals surface area contributed by atoms with Gasteiger partial charge in [0, 0.05) is 10.9 Å². The van der Waals surface area contributed by atoms with Crippen LogP contribution < -0.4 is 10.2 Å². The van der Waals surface area contributed by atoms with E-state index in [4.69, 9.17) is 11.6 Å². The molecule has 3 aromatic rings. The molecule has 4 nitrogen and oxygen atoms in total. The van der Waals surface area contributed by atoms with Crippen molar-refractivity contribution in [2.24, 2.45) is 0 Å². The average molecular weight is 471 g/mol. The van der Waals surface area contributed by atoms with Crippen LogP contribution >= 0.6 is 22.9 Å². The predicted molar refractivity (Wildman–Crippen MR) is 127 cm³/mol. The molecule has 0 radical (unpaired) electrons. The van der Waals surface area contributed by atoms with E-state index in [1.54, 1.807) is 36.4 Å². The molecule has 0 aliphatic heterocycles. The summed E-state index contributed by atoms with van der Waals surface area (Å²) in [6.45, 7) is 0. The third-order valence-corrected chi connectivity index (χ3v) is 6.88. The van der Waals surface area contributed by atoms with Gasteiger partial charge in [-0.2, -0.15) is 0 Å². The quantitative estimate of drug-likeness (QED) is 0.466. The van der Waals surface area contributed by atoms with Gasteiger partial charge in [0.1, 0.15) is 11.9 Å². The maximum atomic E-state index is 13.7. The van der Waals surface area contributed by atoms with Crippen LogP contribution in [-0.2, 0) is 16.0 Å². The Morgan fingerprint density at radius 1 is 1.06 bits per heavy atom. The number of benzene rings is 2. The number of hydrogen-bond acceptors (Lipinski definition) is 3. The largest absolute Gasteiger partial charge is 0.351 e. The van der Waals surface area contributed by atoms with E-state index in [9.17, 15) is 14.0 Å². The number of halogens is 2. The topological polar surface area (TPSA) is 49.4 Å². The Bertz CT molecular complexity index is 1070. The first kappa shape index (κ1) is 22.5. The molecule has 2 aromatic carbocycles. The van der Waals surface area contributed by atoms with Crippen LogP contribution in [0.25, 0.3) is 0 Å². The zero-order valence-corrected chi connectivity index (χ0v) is 19.0. The van der Waals surface area contributed by atoms with Gasteiger partial charge in [0.2, 0.25) is 11.8 Å². The number of nitrogens with one attached hydrogen (secondary N) is 1. The highest BCUT2D eigenvalue weighted by Gasteiger charge is 2.35. The van der Waals surface area contributed by atoms with E-state index in [-0.39, 0.29) is 24.3 Å². The fourth-order valence-corrected chi connectivity index (χ4v) is 5.05. The summed E-state index contributed by atoms with van der Waals surface area (Å²) >= 11 is 7.98. The van der Waals surface area contributed by atoms with Crippen molar-refractivity contribution in [3.05, 3.63) is 87.3 Å². The van der Waals surface area contributed by atoms with Crippen molar-refractivity contribution in [1.82, 2.24) is 5.32 Å². The second-order valence-electron chi connectivity index (χ2n) is 7.92. The van der Waals surface area contributed by atoms with Gasteiger partial charge in [-0.15, -0.1) is 11.3 Å². The number of hydrogen-bond donors (Lipinski definition) is 1. The molecule has 1 saturated carbocycles. The molecule has 7 heteroatoms. The summed E-state index contributed by atoms with van der Waals surface area (Å²) in [5.41, 5.74) is 0.980. The smallest absolute Gasteiger partial charge is 0.248 e. The number of rotatable bonds is 7. The highest BCUT2D eigenvalue weighted by Crippen LogP contribution is 2.34. The van der Waals surface area contributed by atoms with Crippen LogP contribution in [0.2, 0.25) is 5.02 Å². The lowest BCUT2D eigenvalue weighted by atomic mass is 10.0. The highest BCUT2D eigenvalue weighted by molar-refractivity contribution is 7.10. The van der Waals surface area contributed by atoms with E-state index in [0.717, 1.165) is 30.6 Å². The van der Waals surface area contributed by atoms with Crippen LogP contribution in [0.1, 0.15) is 42.2 Å². The number of thiophene rings is 1. The van der Waals surface area contributed by atoms with Gasteiger partial charge in [-0.1, -0.05) is 54.8 Å². The van der Waals surface area contributed by atoms with Crippen molar-refractivity contribution in [2.45, 2.75) is 44.2 Å². The lowest BCUT2D eigenvalue weighted by Crippen LogP contribution is -2.47. The maximum Gasteiger partial charge on any atom is 0.248 e. The molecule has 1 aliphatic carbocycles. The normalized spacial score (nSPS) is 14.8. The first-order valence-corrected chi connectivity index (χ1v) is 11.9. The number of anilines is 1. The van der Waals surface area contributed by atoms with Gasteiger partial charge in [-0.3, -0.25) is 14.5 Å². The molecular weight excluding hydrogens is 447 g/mol. The van der Waals surface area contributed by atoms with Crippen molar-refractivity contribution in [2.75, 3.05) is 4.90 Å². The Morgan fingerprint density at radius 2 is 1.78 bits per heavy atom. The SMILES string of the molecule is O=C(NC1CCCC1)C(c1ccc(F)cc1)N(C(=O)Cc1cccs1)c1ccccc1Cl. The Hall–Kier alpha value is -2.70. The van der Waals surface area contributed by atoms with Crippen molar-refractivity contribution < 1.29 is 14.0 Å². The highest BCUT2D eigenvalue weighted by atomic mass is 35.5. The predicted octanol–water partition coefficient (Wildman–Crippen LogP) is 5.92. The van der Waals surface area contributed by atoms with Gasteiger partial charge in [0.25, 0.3) is 0 Å². The van der Waals surface area contributed by atoms with Crippen molar-refractivity contribution in [3.8, 4) is 0 Å². The monoisotopic (exact) mass is 470 g/mol. The third kappa shape index (κ3) is 5.19. The molecule has 1 atom stereocenters. The number of nitrogens with zero attached hydrogens (tertiary/aromatic N) is 1. The molecule has 2 amide bonds. The van der Waals surface area contributed by atoms with E-state index >= 15 is 0 Å². The minimum absolute atomic E-state index is 0.0749. The van der Waals surface area contributed by atoms with Gasteiger partial charge in [0.05, 0.1) is 17.1 Å². The van der Waals surface area contributed by atoms with Crippen LogP contribution in [-0.4, -0.2) is 17.9 Å². The zero-order chi connectivity index (χ0) is 22.5. The second kappa shape index (κ2) is 10.3. The minimum atomic E-state index is -0.969. The molecule has 166 valence electrons. The van der Waals surface area contributed by atoms with Gasteiger partial charge >= 0.3 is 0 Å². The van der Waals surface area contributed by atoms with Crippen LogP contribution in [0.5, 0.6) is 0 Å². The first-order chi connectivity index (χ1) is 15.5. The number of carbonyl (C=O) groups is 2. The van der Waals surface area contributed by atoms with Gasteiger partial charge in [0.15, 0.2) is 0 Å². The minimum Gasteiger partial charge on any atom is -0.351 e. The van der Waals surface area contributed by atoms with Crippen LogP contribution in [0.3, 0.4) is 0 Å². The standard InChI is InChI=1S/C25H24ClFN2O2S/c26-21-9-3-4-10-22(21)29(23(30)16-20-8-5-15-32-20)24(17-11-13-18(27)14-12-17)25(31)28-19-6-1-2-7-19/h3-5,8-15,19,24H,1-2,6-7,16H2,(H,28,31). The summed E-state index contributed by atoms with van der Waals surface area (Å²) in [4.78, 5) is 29.5. The number of para-hydroxylation sites is 1. The second-order valence-corrected chi connectivity index (χ2v) is 9.35. The fourth-order valence-electron chi connectivity index (χ4n) is 4.12. The van der Waals surface area contributed by atoms with Crippen LogP contribution in [0.15, 0.2) is 66.0 Å². The molecule has 32 heavy (non-hydrogen) atoms. The Balaban J connectivity index is 1.77. The molecule has 4 rings (SSSR count). The van der Waals surface area contributed by atoms with Gasteiger partial charge in [-0.05, 0) is 54.1 Å². The summed E-state index contributed by atoms with van der Waals surface area (Å²) < 4.78 is 13.7. The molecule has 1 heterocycles. The van der Waals surface area contributed by atoms with Crippen molar-refractivity contribution in [3.63, 3.8) is 0 Å². The first-order valence-electron chi connectivity index (χ1n) is 10.7. The number of amides is 2. The molecule has 0 saturated heterocycles. The molecule has 1 unspecified atom stereocenters. The maximum absolute atomic E-state index is 13.7. The van der Waals surface area contributed by atoms with E-state index in [1.165, 1.54) is 28.4 Å². The Morgan fingerprint density at radius 3 is 2.44 bits per heavy atom. The van der Waals surface area contributed by atoms with E-state index in [1.807, 2.05) is 17.5 Å². The molecule has 1 aliphatic rings. The van der Waals surface area contributed by atoms with Crippen molar-refractivity contribution >= 4 is 40.4 Å². The van der Waals surface area contributed by atoms with E-state index < -0.39 is 11.9 Å². The van der Waals surface area contributed by atoms with Crippen molar-refractivity contribution in [1.29, 1.82) is 0 Å². The Labute approximate surface area is 196 Å². The molecule has 0 bridgehead atoms. The van der Waals surface area contributed by atoms with E-state index in [0.29, 0.717) is 16.3 Å². The molecule has 0 spiro atoms. The summed E-state index contributed by atoms with van der Waals surface area (Å²) in [6, 6.07) is 15.6. The lowest BCUT2D eigenvalue weighted by Gasteiger charge is -2.33. The third-order valence-electron chi connectivity index (χ3n) is 5.68. The molecular formula is C25H24ClFN2O2S. The molecule has 1 aromatic heterocycles. The number of carbonyl (C=O) groups excluding carboxylic acids is 2.